The van der Waals surface area contributed by atoms with Crippen LogP contribution in [0, 0.1) is 0 Å². The van der Waals surface area contributed by atoms with E-state index < -0.39 is 0 Å². The number of fused-ring (bicyclic) bond motifs is 1. The Labute approximate surface area is 193 Å². The highest BCUT2D eigenvalue weighted by molar-refractivity contribution is 14.0. The molecule has 1 aromatic carbocycles. The summed E-state index contributed by atoms with van der Waals surface area (Å²) < 4.78 is 6.12. The molecule has 1 aliphatic heterocycles. The highest BCUT2D eigenvalue weighted by Gasteiger charge is 2.34. The lowest BCUT2D eigenvalue weighted by Gasteiger charge is -2.38. The number of guanidine groups is 1. The fourth-order valence-electron chi connectivity index (χ4n) is 3.12. The van der Waals surface area contributed by atoms with E-state index in [-0.39, 0.29) is 48.1 Å². The van der Waals surface area contributed by atoms with Gasteiger partial charge in [0.05, 0.1) is 12.6 Å². The van der Waals surface area contributed by atoms with Crippen molar-refractivity contribution in [2.24, 2.45) is 4.99 Å². The van der Waals surface area contributed by atoms with Gasteiger partial charge in [0.15, 0.2) is 5.96 Å². The first kappa shape index (κ1) is 23.5. The van der Waals surface area contributed by atoms with Crippen LogP contribution >= 0.6 is 35.3 Å². The van der Waals surface area contributed by atoms with E-state index in [2.05, 4.69) is 41.6 Å². The molecule has 1 unspecified atom stereocenters. The lowest BCUT2D eigenvalue weighted by Crippen LogP contribution is -2.45. The van der Waals surface area contributed by atoms with Gasteiger partial charge in [-0.15, -0.1) is 35.3 Å². The van der Waals surface area contributed by atoms with Crippen LogP contribution in [0.1, 0.15) is 36.8 Å². The number of benzene rings is 1. The second kappa shape index (κ2) is 10.3. The van der Waals surface area contributed by atoms with E-state index in [0.29, 0.717) is 12.5 Å². The smallest absolute Gasteiger partial charge is 0.243 e. The molecule has 158 valence electrons. The van der Waals surface area contributed by atoms with Crippen LogP contribution in [0.25, 0.3) is 0 Å². The predicted octanol–water partition coefficient (Wildman–Crippen LogP) is 3.79. The van der Waals surface area contributed by atoms with Crippen molar-refractivity contribution in [2.45, 2.75) is 38.5 Å². The molecular formula is C21H29IN4O2S. The van der Waals surface area contributed by atoms with Crippen molar-refractivity contribution in [1.29, 1.82) is 0 Å². The number of carbonyl (C=O) groups is 1. The van der Waals surface area contributed by atoms with Gasteiger partial charge < -0.3 is 20.3 Å². The number of thiophene rings is 1. The molecule has 2 N–H and O–H groups in total. The van der Waals surface area contributed by atoms with Crippen molar-refractivity contribution < 1.29 is 9.53 Å². The number of carbonyl (C=O) groups excluding carboxylic acids is 1. The average Bonchev–Trinajstić information content (AvgIpc) is 3.16. The van der Waals surface area contributed by atoms with Crippen LogP contribution in [0.4, 0.5) is 0 Å². The van der Waals surface area contributed by atoms with Gasteiger partial charge in [-0.25, -0.2) is 4.99 Å². The number of hydrogen-bond donors (Lipinski definition) is 2. The number of ether oxygens (including phenoxy) is 1. The number of likely N-dealkylation sites (N-methyl/N-ethyl adjacent to an activating group) is 1. The number of hydrogen-bond acceptors (Lipinski definition) is 4. The van der Waals surface area contributed by atoms with E-state index in [1.807, 2.05) is 29.6 Å². The summed E-state index contributed by atoms with van der Waals surface area (Å²) in [4.78, 5) is 19.3. The molecule has 0 aliphatic carbocycles. The Bertz CT molecular complexity index is 837. The van der Waals surface area contributed by atoms with E-state index in [0.717, 1.165) is 17.7 Å². The summed E-state index contributed by atoms with van der Waals surface area (Å²) in [7, 11) is 3.47. The SMILES string of the molecule is CN(C)C(=O)CN=C(NCc1cccs1)NC1CC(C)(C)Oc2ccccc21.I. The Kier molecular flexibility index (Phi) is 8.33. The zero-order valence-electron chi connectivity index (χ0n) is 17.3. The third-order valence-corrected chi connectivity index (χ3v) is 5.45. The number of aliphatic imine (C=N–C) groups is 1. The topological polar surface area (TPSA) is 66.0 Å². The fraction of sp³-hybridized carbons (Fsp3) is 0.429. The Hall–Kier alpha value is -1.81. The predicted molar refractivity (Wildman–Crippen MR) is 129 cm³/mol. The number of nitrogens with one attached hydrogen (secondary N) is 2. The van der Waals surface area contributed by atoms with Gasteiger partial charge in [0, 0.05) is 31.0 Å². The third kappa shape index (κ3) is 6.60. The van der Waals surface area contributed by atoms with Gasteiger partial charge in [0.25, 0.3) is 0 Å². The molecule has 1 atom stereocenters. The average molecular weight is 528 g/mol. The summed E-state index contributed by atoms with van der Waals surface area (Å²) in [6.07, 6.45) is 0.797. The first-order chi connectivity index (χ1) is 13.3. The number of halogens is 1. The van der Waals surface area contributed by atoms with Gasteiger partial charge in [-0.1, -0.05) is 24.3 Å². The van der Waals surface area contributed by atoms with Crippen LogP contribution < -0.4 is 15.4 Å². The molecule has 0 saturated carbocycles. The molecule has 0 fully saturated rings. The summed E-state index contributed by atoms with van der Waals surface area (Å²) in [6.45, 7) is 4.93. The van der Waals surface area contributed by atoms with Crippen LogP contribution in [0.15, 0.2) is 46.8 Å². The Morgan fingerprint density at radius 2 is 2.03 bits per heavy atom. The van der Waals surface area contributed by atoms with Crippen molar-refractivity contribution in [3.63, 3.8) is 0 Å². The molecule has 8 heteroatoms. The molecule has 2 heterocycles. The third-order valence-electron chi connectivity index (χ3n) is 4.57. The maximum absolute atomic E-state index is 12.0. The molecule has 6 nitrogen and oxygen atoms in total. The molecule has 0 radical (unpaired) electrons. The first-order valence-corrected chi connectivity index (χ1v) is 10.3. The van der Waals surface area contributed by atoms with Crippen molar-refractivity contribution in [1.82, 2.24) is 15.5 Å². The van der Waals surface area contributed by atoms with Crippen LogP contribution in [0.3, 0.4) is 0 Å². The van der Waals surface area contributed by atoms with Gasteiger partial charge in [0.2, 0.25) is 5.91 Å². The van der Waals surface area contributed by atoms with Gasteiger partial charge in [0.1, 0.15) is 17.9 Å². The van der Waals surface area contributed by atoms with Gasteiger partial charge in [-0.2, -0.15) is 0 Å². The van der Waals surface area contributed by atoms with Gasteiger partial charge >= 0.3 is 0 Å². The lowest BCUT2D eigenvalue weighted by atomic mass is 9.90. The van der Waals surface area contributed by atoms with Gasteiger partial charge in [-0.05, 0) is 31.4 Å². The Balaban J connectivity index is 0.00000300. The summed E-state index contributed by atoms with van der Waals surface area (Å²) in [5, 5.41) is 8.93. The summed E-state index contributed by atoms with van der Waals surface area (Å²) in [5.41, 5.74) is 0.816. The van der Waals surface area contributed by atoms with E-state index in [1.165, 1.54) is 4.88 Å². The van der Waals surface area contributed by atoms with Crippen molar-refractivity contribution in [3.8, 4) is 5.75 Å². The van der Waals surface area contributed by atoms with Crippen molar-refractivity contribution in [2.75, 3.05) is 20.6 Å². The fourth-order valence-corrected chi connectivity index (χ4v) is 3.77. The normalized spacial score (nSPS) is 17.4. The Morgan fingerprint density at radius 1 is 1.28 bits per heavy atom. The molecule has 0 saturated heterocycles. The number of rotatable bonds is 5. The van der Waals surface area contributed by atoms with E-state index in [4.69, 9.17) is 4.74 Å². The lowest BCUT2D eigenvalue weighted by molar-refractivity contribution is -0.127. The highest BCUT2D eigenvalue weighted by Crippen LogP contribution is 2.39. The largest absolute Gasteiger partial charge is 0.487 e. The quantitative estimate of drug-likeness (QED) is 0.352. The van der Waals surface area contributed by atoms with E-state index >= 15 is 0 Å². The van der Waals surface area contributed by atoms with E-state index in [1.54, 1.807) is 30.3 Å². The summed E-state index contributed by atoms with van der Waals surface area (Å²) in [5.74, 6) is 1.48. The molecule has 1 aliphatic rings. The molecule has 0 bridgehead atoms. The molecule has 3 rings (SSSR count). The van der Waals surface area contributed by atoms with Crippen molar-refractivity contribution >= 4 is 47.2 Å². The number of para-hydroxylation sites is 1. The molecule has 2 aromatic rings. The van der Waals surface area contributed by atoms with Crippen molar-refractivity contribution in [3.05, 3.63) is 52.2 Å². The molecular weight excluding hydrogens is 499 g/mol. The van der Waals surface area contributed by atoms with E-state index in [9.17, 15) is 4.79 Å². The second-order valence-corrected chi connectivity index (χ2v) is 8.72. The summed E-state index contributed by atoms with van der Waals surface area (Å²) in [6, 6.07) is 12.2. The number of amides is 1. The van der Waals surface area contributed by atoms with Gasteiger partial charge in [-0.3, -0.25) is 4.79 Å². The molecule has 0 spiro atoms. The monoisotopic (exact) mass is 528 g/mol. The molecule has 1 aromatic heterocycles. The minimum absolute atomic E-state index is 0. The standard InChI is InChI=1S/C21H28N4O2S.HI/c1-21(2)12-17(16-9-5-6-10-18(16)27-21)24-20(23-14-19(26)25(3)4)22-13-15-8-7-11-28-15;/h5-11,17H,12-14H2,1-4H3,(H2,22,23,24);1H. The number of nitrogens with zero attached hydrogens (tertiary/aromatic N) is 2. The van der Waals surface area contributed by atoms with Crippen LogP contribution in [-0.2, 0) is 11.3 Å². The zero-order chi connectivity index (χ0) is 20.1. The molecule has 1 amide bonds. The zero-order valence-corrected chi connectivity index (χ0v) is 20.4. The highest BCUT2D eigenvalue weighted by atomic mass is 127. The Morgan fingerprint density at radius 3 is 2.72 bits per heavy atom. The molecule has 29 heavy (non-hydrogen) atoms. The minimum atomic E-state index is -0.287. The summed E-state index contributed by atoms with van der Waals surface area (Å²) >= 11 is 1.69. The first-order valence-electron chi connectivity index (χ1n) is 9.39. The second-order valence-electron chi connectivity index (χ2n) is 7.69. The minimum Gasteiger partial charge on any atom is -0.487 e. The maximum Gasteiger partial charge on any atom is 0.243 e. The maximum atomic E-state index is 12.0. The van der Waals surface area contributed by atoms with Crippen LogP contribution in [-0.4, -0.2) is 43.0 Å². The van der Waals surface area contributed by atoms with Crippen LogP contribution in [0.2, 0.25) is 0 Å². The van der Waals surface area contributed by atoms with Crippen LogP contribution in [0.5, 0.6) is 5.75 Å².